The van der Waals surface area contributed by atoms with Crippen LogP contribution in [-0.2, 0) is 29.0 Å². The van der Waals surface area contributed by atoms with E-state index in [1.165, 1.54) is 19.7 Å². The SMILES string of the molecule is Cn1c(N)c(C(=O)COC(=O)C23CC4CC(C2)CC(c2ccccc2)(C4)C3)c(=O)n(C)c1=O. The maximum absolute atomic E-state index is 13.4. The molecule has 8 heteroatoms. The van der Waals surface area contributed by atoms with Crippen LogP contribution in [0.25, 0.3) is 0 Å². The Morgan fingerprint density at radius 3 is 2.30 bits per heavy atom. The number of esters is 1. The van der Waals surface area contributed by atoms with Gasteiger partial charge in [0, 0.05) is 14.1 Å². The minimum absolute atomic E-state index is 0.0214. The number of benzene rings is 1. The molecule has 4 aliphatic rings. The minimum atomic E-state index is -0.783. The quantitative estimate of drug-likeness (QED) is 0.549. The molecule has 174 valence electrons. The molecule has 4 fully saturated rings. The van der Waals surface area contributed by atoms with Gasteiger partial charge >= 0.3 is 11.7 Å². The molecule has 6 rings (SSSR count). The number of hydrogen-bond donors (Lipinski definition) is 1. The number of hydrogen-bond acceptors (Lipinski definition) is 6. The van der Waals surface area contributed by atoms with Gasteiger partial charge in [-0.25, -0.2) is 4.79 Å². The van der Waals surface area contributed by atoms with Gasteiger partial charge in [-0.05, 0) is 61.3 Å². The number of nitrogen functional groups attached to an aromatic ring is 1. The van der Waals surface area contributed by atoms with Gasteiger partial charge in [-0.1, -0.05) is 30.3 Å². The Labute approximate surface area is 191 Å². The third-order valence-corrected chi connectivity index (χ3v) is 8.20. The smallest absolute Gasteiger partial charge is 0.332 e. The topological polar surface area (TPSA) is 113 Å². The maximum Gasteiger partial charge on any atom is 0.332 e. The average molecular weight is 452 g/mol. The van der Waals surface area contributed by atoms with Gasteiger partial charge in [0.1, 0.15) is 11.4 Å². The standard InChI is InChI=1S/C25H29N3O5/c1-27-20(26)19(21(30)28(2)23(27)32)18(29)13-33-22(31)25-11-15-8-16(12-25)10-24(9-15,14-25)17-6-4-3-5-7-17/h3-7,15-16H,8-14,26H2,1-2H3. The predicted molar refractivity (Wildman–Crippen MR) is 122 cm³/mol. The fraction of sp³-hybridized carbons (Fsp3) is 0.520. The molecule has 33 heavy (non-hydrogen) atoms. The van der Waals surface area contributed by atoms with Crippen LogP contribution in [0.3, 0.4) is 0 Å². The first-order chi connectivity index (χ1) is 15.7. The zero-order valence-corrected chi connectivity index (χ0v) is 19.0. The highest BCUT2D eigenvalue weighted by molar-refractivity contribution is 6.01. The van der Waals surface area contributed by atoms with Crippen LogP contribution in [-0.4, -0.2) is 27.5 Å². The molecule has 2 atom stereocenters. The van der Waals surface area contributed by atoms with Crippen LogP contribution < -0.4 is 17.0 Å². The van der Waals surface area contributed by atoms with E-state index in [0.29, 0.717) is 11.8 Å². The van der Waals surface area contributed by atoms with Crippen LogP contribution in [0.15, 0.2) is 39.9 Å². The summed E-state index contributed by atoms with van der Waals surface area (Å²) >= 11 is 0. The fourth-order valence-corrected chi connectivity index (χ4v) is 7.11. The van der Waals surface area contributed by atoms with Gasteiger partial charge in [-0.3, -0.25) is 23.5 Å². The van der Waals surface area contributed by atoms with Crippen molar-refractivity contribution in [2.45, 2.75) is 43.9 Å². The Bertz CT molecular complexity index is 1250. The Morgan fingerprint density at radius 1 is 1.03 bits per heavy atom. The van der Waals surface area contributed by atoms with E-state index in [1.54, 1.807) is 0 Å². The Kier molecular flexibility index (Phi) is 4.88. The first-order valence-electron chi connectivity index (χ1n) is 11.5. The van der Waals surface area contributed by atoms with E-state index in [2.05, 4.69) is 24.3 Å². The van der Waals surface area contributed by atoms with Gasteiger partial charge in [0.05, 0.1) is 5.41 Å². The van der Waals surface area contributed by atoms with Crippen molar-refractivity contribution in [2.24, 2.45) is 31.3 Å². The predicted octanol–water partition coefficient (Wildman–Crippen LogP) is 1.93. The van der Waals surface area contributed by atoms with Crippen molar-refractivity contribution in [3.8, 4) is 0 Å². The summed E-state index contributed by atoms with van der Waals surface area (Å²) in [4.78, 5) is 50.7. The number of anilines is 1. The lowest BCUT2D eigenvalue weighted by Crippen LogP contribution is -2.57. The third-order valence-electron chi connectivity index (χ3n) is 8.20. The van der Waals surface area contributed by atoms with Crippen molar-refractivity contribution in [2.75, 3.05) is 12.3 Å². The molecule has 4 saturated carbocycles. The van der Waals surface area contributed by atoms with Crippen molar-refractivity contribution < 1.29 is 14.3 Å². The number of ether oxygens (including phenoxy) is 1. The summed E-state index contributed by atoms with van der Waals surface area (Å²) in [5.74, 6) is -0.324. The molecule has 4 bridgehead atoms. The number of nitrogens with two attached hydrogens (primary N) is 1. The van der Waals surface area contributed by atoms with Crippen LogP contribution in [0.2, 0.25) is 0 Å². The summed E-state index contributed by atoms with van der Waals surface area (Å²) in [5.41, 5.74) is 4.82. The Morgan fingerprint density at radius 2 is 1.67 bits per heavy atom. The summed E-state index contributed by atoms with van der Waals surface area (Å²) in [6, 6.07) is 10.4. The summed E-state index contributed by atoms with van der Waals surface area (Å²) in [7, 11) is 2.67. The van der Waals surface area contributed by atoms with Gasteiger partial charge < -0.3 is 10.5 Å². The second-order valence-corrected chi connectivity index (χ2v) is 10.4. The lowest BCUT2D eigenvalue weighted by atomic mass is 9.43. The zero-order valence-electron chi connectivity index (χ0n) is 19.0. The number of Topliss-reactive ketones (excluding diaryl/α,β-unsaturated/α-hetero) is 1. The van der Waals surface area contributed by atoms with Crippen LogP contribution in [0, 0.1) is 17.3 Å². The molecular weight excluding hydrogens is 422 g/mol. The molecule has 4 aliphatic carbocycles. The number of carbonyl (C=O) groups is 2. The van der Waals surface area contributed by atoms with E-state index in [1.807, 2.05) is 6.07 Å². The molecule has 1 heterocycles. The first kappa shape index (κ1) is 21.7. The number of rotatable bonds is 5. The second kappa shape index (κ2) is 7.43. The fourth-order valence-electron chi connectivity index (χ4n) is 7.11. The van der Waals surface area contributed by atoms with Crippen molar-refractivity contribution in [1.29, 1.82) is 0 Å². The zero-order chi connectivity index (χ0) is 23.5. The van der Waals surface area contributed by atoms with Crippen molar-refractivity contribution in [3.05, 3.63) is 62.3 Å². The molecule has 2 aromatic rings. The number of carbonyl (C=O) groups excluding carboxylic acids is 2. The highest BCUT2D eigenvalue weighted by Gasteiger charge is 2.61. The molecule has 0 aliphatic heterocycles. The van der Waals surface area contributed by atoms with Gasteiger partial charge in [-0.15, -0.1) is 0 Å². The normalized spacial score (nSPS) is 29.8. The minimum Gasteiger partial charge on any atom is -0.457 e. The number of ketones is 1. The van der Waals surface area contributed by atoms with Crippen LogP contribution in [0.1, 0.15) is 54.4 Å². The molecule has 2 unspecified atom stereocenters. The molecule has 0 amide bonds. The van der Waals surface area contributed by atoms with E-state index < -0.39 is 29.1 Å². The third kappa shape index (κ3) is 3.26. The maximum atomic E-state index is 13.4. The highest BCUT2D eigenvalue weighted by atomic mass is 16.5. The number of nitrogens with zero attached hydrogens (tertiary/aromatic N) is 2. The molecule has 8 nitrogen and oxygen atoms in total. The van der Waals surface area contributed by atoms with E-state index in [-0.39, 0.29) is 22.8 Å². The van der Waals surface area contributed by atoms with Crippen LogP contribution in [0.5, 0.6) is 0 Å². The first-order valence-corrected chi connectivity index (χ1v) is 11.5. The van der Waals surface area contributed by atoms with Gasteiger partial charge in [0.2, 0.25) is 5.78 Å². The Hall–Kier alpha value is -3.16. The summed E-state index contributed by atoms with van der Waals surface area (Å²) in [5, 5.41) is 0. The van der Waals surface area contributed by atoms with Crippen molar-refractivity contribution >= 4 is 17.6 Å². The highest BCUT2D eigenvalue weighted by Crippen LogP contribution is 2.66. The van der Waals surface area contributed by atoms with Gasteiger partial charge in [0.15, 0.2) is 6.61 Å². The molecule has 2 N–H and O–H groups in total. The summed E-state index contributed by atoms with van der Waals surface area (Å²) in [6.07, 6.45) is 5.63. The van der Waals surface area contributed by atoms with Crippen LogP contribution in [0.4, 0.5) is 5.82 Å². The van der Waals surface area contributed by atoms with E-state index in [4.69, 9.17) is 10.5 Å². The average Bonchev–Trinajstić information content (AvgIpc) is 2.80. The van der Waals surface area contributed by atoms with Gasteiger partial charge in [0.25, 0.3) is 5.56 Å². The summed E-state index contributed by atoms with van der Waals surface area (Å²) < 4.78 is 7.43. The molecule has 0 saturated heterocycles. The second-order valence-electron chi connectivity index (χ2n) is 10.4. The Balaban J connectivity index is 1.39. The van der Waals surface area contributed by atoms with E-state index in [9.17, 15) is 19.2 Å². The lowest BCUT2D eigenvalue weighted by Gasteiger charge is -2.61. The molecular formula is C25H29N3O5. The monoisotopic (exact) mass is 451 g/mol. The molecule has 0 spiro atoms. The number of aromatic nitrogens is 2. The van der Waals surface area contributed by atoms with Crippen molar-refractivity contribution in [1.82, 2.24) is 9.13 Å². The molecule has 0 radical (unpaired) electrons. The van der Waals surface area contributed by atoms with Gasteiger partial charge in [-0.2, -0.15) is 0 Å². The summed E-state index contributed by atoms with van der Waals surface area (Å²) in [6.45, 7) is -0.564. The van der Waals surface area contributed by atoms with E-state index in [0.717, 1.165) is 47.7 Å². The van der Waals surface area contributed by atoms with Crippen molar-refractivity contribution in [3.63, 3.8) is 0 Å². The molecule has 1 aromatic heterocycles. The lowest BCUT2D eigenvalue weighted by molar-refractivity contribution is -0.172. The molecule has 1 aromatic carbocycles. The van der Waals surface area contributed by atoms with Crippen LogP contribution >= 0.6 is 0 Å². The largest absolute Gasteiger partial charge is 0.457 e. The van der Waals surface area contributed by atoms with E-state index >= 15 is 0 Å².